The Bertz CT molecular complexity index is 1320. The van der Waals surface area contributed by atoms with Crippen molar-refractivity contribution in [3.8, 4) is 17.3 Å². The number of hydrogen-bond acceptors (Lipinski definition) is 7. The van der Waals surface area contributed by atoms with Gasteiger partial charge < -0.3 is 4.74 Å². The normalized spacial score (nSPS) is 19.9. The molecule has 176 valence electrons. The van der Waals surface area contributed by atoms with Crippen molar-refractivity contribution in [2.75, 3.05) is 13.1 Å². The Kier molecular flexibility index (Phi) is 6.91. The van der Waals surface area contributed by atoms with E-state index in [4.69, 9.17) is 4.74 Å². The van der Waals surface area contributed by atoms with E-state index in [1.807, 2.05) is 19.9 Å². The third-order valence-corrected chi connectivity index (χ3v) is 8.22. The average molecular weight is 500 g/mol. The van der Waals surface area contributed by atoms with Crippen molar-refractivity contribution in [2.45, 2.75) is 36.9 Å². The number of ether oxygens (including phenoxy) is 1. The molecule has 2 heterocycles. The Morgan fingerprint density at radius 2 is 1.76 bits per heavy atom. The maximum Gasteiger partial charge on any atom is 0.243 e. The van der Waals surface area contributed by atoms with Gasteiger partial charge in [0.1, 0.15) is 10.8 Å². The molecule has 0 aliphatic carbocycles. The molecule has 1 aliphatic rings. The number of carbonyl (C=O) groups excluding carboxylic acids is 1. The van der Waals surface area contributed by atoms with Crippen molar-refractivity contribution in [1.29, 1.82) is 5.26 Å². The number of hydrogen-bond donors (Lipinski definition) is 0. The van der Waals surface area contributed by atoms with E-state index in [0.29, 0.717) is 16.3 Å². The van der Waals surface area contributed by atoms with Crippen LogP contribution >= 0.6 is 11.3 Å². The molecule has 3 atom stereocenters. The summed E-state index contributed by atoms with van der Waals surface area (Å²) in [6, 6.07) is 13.4. The summed E-state index contributed by atoms with van der Waals surface area (Å²) in [6.45, 7) is 4.15. The van der Waals surface area contributed by atoms with Gasteiger partial charge in [-0.15, -0.1) is 11.3 Å². The van der Waals surface area contributed by atoms with E-state index < -0.39 is 21.7 Å². The number of nitriles is 1. The van der Waals surface area contributed by atoms with Gasteiger partial charge in [-0.1, -0.05) is 12.1 Å². The molecule has 3 unspecified atom stereocenters. The Morgan fingerprint density at radius 1 is 1.15 bits per heavy atom. The zero-order valence-electron chi connectivity index (χ0n) is 18.5. The van der Waals surface area contributed by atoms with Crippen LogP contribution in [0, 0.1) is 17.1 Å². The lowest BCUT2D eigenvalue weighted by molar-refractivity contribution is -0.0440. The molecule has 0 amide bonds. The summed E-state index contributed by atoms with van der Waals surface area (Å²) in [5, 5.41) is 11.7. The topological polar surface area (TPSA) is 100 Å². The number of ketones is 1. The number of Topliss-reactive ketones (excluding diaryl/α,β-unsaturated/α-hetero) is 1. The van der Waals surface area contributed by atoms with Crippen LogP contribution in [0.25, 0.3) is 11.3 Å². The lowest BCUT2D eigenvalue weighted by atomic mass is 9.99. The van der Waals surface area contributed by atoms with Crippen molar-refractivity contribution in [3.63, 3.8) is 0 Å². The summed E-state index contributed by atoms with van der Waals surface area (Å²) < 4.78 is 46.2. The third-order valence-electron chi connectivity index (χ3n) is 5.46. The minimum absolute atomic E-state index is 0.0757. The van der Waals surface area contributed by atoms with E-state index in [-0.39, 0.29) is 41.6 Å². The first kappa shape index (κ1) is 24.2. The van der Waals surface area contributed by atoms with Crippen molar-refractivity contribution in [3.05, 3.63) is 70.3 Å². The van der Waals surface area contributed by atoms with Crippen LogP contribution in [0.3, 0.4) is 0 Å². The molecule has 34 heavy (non-hydrogen) atoms. The number of sulfonamides is 1. The largest absolute Gasteiger partial charge is 0.373 e. The van der Waals surface area contributed by atoms with Gasteiger partial charge >= 0.3 is 0 Å². The fourth-order valence-corrected chi connectivity index (χ4v) is 6.29. The van der Waals surface area contributed by atoms with Gasteiger partial charge in [0.15, 0.2) is 11.7 Å². The first-order valence-electron chi connectivity index (χ1n) is 10.6. The zero-order chi connectivity index (χ0) is 24.5. The number of aromatic nitrogens is 1. The minimum atomic E-state index is -3.74. The molecular formula is C24H22FN3O4S2. The highest BCUT2D eigenvalue weighted by Crippen LogP contribution is 2.29. The van der Waals surface area contributed by atoms with E-state index in [1.165, 1.54) is 52.0 Å². The fraction of sp³-hybridized carbons (Fsp3) is 0.292. The smallest absolute Gasteiger partial charge is 0.243 e. The molecule has 1 saturated heterocycles. The van der Waals surface area contributed by atoms with E-state index >= 15 is 0 Å². The van der Waals surface area contributed by atoms with Gasteiger partial charge in [-0.3, -0.25) is 4.79 Å². The van der Waals surface area contributed by atoms with Crippen LogP contribution < -0.4 is 0 Å². The molecule has 0 saturated carbocycles. The van der Waals surface area contributed by atoms with Crippen LogP contribution in [-0.4, -0.2) is 48.8 Å². The first-order valence-corrected chi connectivity index (χ1v) is 12.9. The molecular weight excluding hydrogens is 477 g/mol. The molecule has 1 aromatic heterocycles. The van der Waals surface area contributed by atoms with Gasteiger partial charge in [-0.05, 0) is 50.2 Å². The monoisotopic (exact) mass is 499 g/mol. The van der Waals surface area contributed by atoms with Gasteiger partial charge in [0.25, 0.3) is 0 Å². The molecule has 0 N–H and O–H groups in total. The molecule has 0 spiro atoms. The van der Waals surface area contributed by atoms with E-state index in [0.717, 1.165) is 0 Å². The lowest BCUT2D eigenvalue weighted by Gasteiger charge is -2.34. The van der Waals surface area contributed by atoms with E-state index in [1.54, 1.807) is 17.5 Å². The minimum Gasteiger partial charge on any atom is -0.373 e. The quantitative estimate of drug-likeness (QED) is 0.471. The predicted molar refractivity (Wildman–Crippen MR) is 125 cm³/mol. The van der Waals surface area contributed by atoms with Crippen LogP contribution in [0.4, 0.5) is 4.39 Å². The van der Waals surface area contributed by atoms with E-state index in [9.17, 15) is 22.9 Å². The highest BCUT2D eigenvalue weighted by Gasteiger charge is 2.32. The number of benzene rings is 2. The average Bonchev–Trinajstić information content (AvgIpc) is 3.29. The highest BCUT2D eigenvalue weighted by atomic mass is 32.2. The Labute approximate surface area is 201 Å². The van der Waals surface area contributed by atoms with Crippen molar-refractivity contribution >= 4 is 27.1 Å². The van der Waals surface area contributed by atoms with Gasteiger partial charge in [-0.25, -0.2) is 17.8 Å². The summed E-state index contributed by atoms with van der Waals surface area (Å²) >= 11 is 1.17. The summed E-state index contributed by atoms with van der Waals surface area (Å²) in [6.07, 6.45) is -0.428. The summed E-state index contributed by atoms with van der Waals surface area (Å²) in [5.74, 6) is -1.98. The van der Waals surface area contributed by atoms with Crippen molar-refractivity contribution < 1.29 is 22.3 Å². The Balaban J connectivity index is 1.54. The van der Waals surface area contributed by atoms with E-state index in [2.05, 4.69) is 4.98 Å². The first-order chi connectivity index (χ1) is 16.2. The Hall–Kier alpha value is -2.97. The van der Waals surface area contributed by atoms with Gasteiger partial charge in [-0.2, -0.15) is 9.57 Å². The van der Waals surface area contributed by atoms with Gasteiger partial charge in [0.2, 0.25) is 10.0 Å². The number of thiazole rings is 1. The van der Waals surface area contributed by atoms with Gasteiger partial charge in [0.05, 0.1) is 28.9 Å². The molecule has 3 aromatic rings. The van der Waals surface area contributed by atoms with Crippen LogP contribution in [0.5, 0.6) is 0 Å². The standard InChI is InChI=1S/C24H22FN3O4S2/c1-15-12-28(13-16(2)32-15)34(30,31)20-9-5-18(6-10-20)23(29)21(11-26)24-27-22(14-33-24)17-3-7-19(25)8-4-17/h3-10,14-16,21H,12-13H2,1-2H3. The molecule has 4 rings (SSSR count). The second kappa shape index (κ2) is 9.72. The Morgan fingerprint density at radius 3 is 2.35 bits per heavy atom. The maximum absolute atomic E-state index is 13.2. The molecule has 1 fully saturated rings. The fourth-order valence-electron chi connectivity index (χ4n) is 3.83. The molecule has 1 aliphatic heterocycles. The van der Waals surface area contributed by atoms with Crippen LogP contribution in [0.1, 0.15) is 35.1 Å². The summed E-state index contributed by atoms with van der Waals surface area (Å²) in [7, 11) is -3.74. The second-order valence-electron chi connectivity index (χ2n) is 8.11. The summed E-state index contributed by atoms with van der Waals surface area (Å²) in [5.41, 5.74) is 1.44. The molecule has 2 aromatic carbocycles. The second-order valence-corrected chi connectivity index (χ2v) is 10.9. The maximum atomic E-state index is 13.2. The van der Waals surface area contributed by atoms with Crippen molar-refractivity contribution in [2.24, 2.45) is 0 Å². The molecule has 10 heteroatoms. The third kappa shape index (κ3) is 4.93. The molecule has 7 nitrogen and oxygen atoms in total. The van der Waals surface area contributed by atoms with Gasteiger partial charge in [0, 0.05) is 29.6 Å². The van der Waals surface area contributed by atoms with Crippen molar-refractivity contribution in [1.82, 2.24) is 9.29 Å². The highest BCUT2D eigenvalue weighted by molar-refractivity contribution is 7.89. The lowest BCUT2D eigenvalue weighted by Crippen LogP contribution is -2.48. The molecule has 0 radical (unpaired) electrons. The zero-order valence-corrected chi connectivity index (χ0v) is 20.1. The van der Waals surface area contributed by atoms with Crippen LogP contribution in [-0.2, 0) is 14.8 Å². The predicted octanol–water partition coefficient (Wildman–Crippen LogP) is 4.24. The SMILES string of the molecule is CC1CN(S(=O)(=O)c2ccc(C(=O)C(C#N)c3nc(-c4ccc(F)cc4)cs3)cc2)CC(C)O1. The number of nitrogens with zero attached hydrogens (tertiary/aromatic N) is 3. The summed E-state index contributed by atoms with van der Waals surface area (Å²) in [4.78, 5) is 17.5. The number of halogens is 1. The van der Waals surface area contributed by atoms with Crippen LogP contribution in [0.15, 0.2) is 58.8 Å². The van der Waals surface area contributed by atoms with Crippen LogP contribution in [0.2, 0.25) is 0 Å². The number of rotatable bonds is 6. The molecule has 0 bridgehead atoms. The number of carbonyl (C=O) groups is 1. The number of morpholine rings is 1.